The van der Waals surface area contributed by atoms with Gasteiger partial charge < -0.3 is 14.9 Å². The lowest BCUT2D eigenvalue weighted by molar-refractivity contribution is 0.0689. The largest absolute Gasteiger partial charge is 0.493 e. The number of benzene rings is 1. The normalized spacial score (nSPS) is 10.4. The number of aromatic hydroxyl groups is 1. The van der Waals surface area contributed by atoms with Gasteiger partial charge in [-0.25, -0.2) is 14.2 Å². The molecule has 1 aromatic carbocycles. The third-order valence-corrected chi connectivity index (χ3v) is 2.96. The average molecular weight is 313 g/mol. The predicted octanol–water partition coefficient (Wildman–Crippen LogP) is 2.27. The molecule has 2 aromatic rings. The highest BCUT2D eigenvalue weighted by molar-refractivity contribution is 6.32. The monoisotopic (exact) mass is 312 g/mol. The lowest BCUT2D eigenvalue weighted by atomic mass is 10.1. The van der Waals surface area contributed by atoms with Crippen molar-refractivity contribution in [2.75, 3.05) is 7.11 Å². The summed E-state index contributed by atoms with van der Waals surface area (Å²) in [7, 11) is 1.28. The number of carboxylic acid groups (broad SMARTS) is 1. The molecule has 0 saturated heterocycles. The van der Waals surface area contributed by atoms with Crippen molar-refractivity contribution in [2.24, 2.45) is 0 Å². The summed E-state index contributed by atoms with van der Waals surface area (Å²) >= 11 is 5.78. The summed E-state index contributed by atoms with van der Waals surface area (Å²) in [6.07, 6.45) is -0.117. The van der Waals surface area contributed by atoms with E-state index in [0.29, 0.717) is 0 Å². The molecule has 2 N–H and O–H groups in total. The van der Waals surface area contributed by atoms with E-state index in [0.717, 1.165) is 6.07 Å². The Balaban J connectivity index is 2.41. The number of hydrogen-bond donors (Lipinski definition) is 2. The highest BCUT2D eigenvalue weighted by Crippen LogP contribution is 2.30. The van der Waals surface area contributed by atoms with E-state index >= 15 is 0 Å². The standard InChI is InChI=1S/C13H10ClFN2O4/c1-21-12-7(14)3-2-6(11(12)15)4-9-16-8(13(19)20)5-10(18)17-9/h2-3,5H,4H2,1H3,(H,19,20)(H,16,17,18). The summed E-state index contributed by atoms with van der Waals surface area (Å²) in [5.74, 6) is -2.65. The van der Waals surface area contributed by atoms with Gasteiger partial charge in [0.25, 0.3) is 0 Å². The van der Waals surface area contributed by atoms with Gasteiger partial charge in [-0.3, -0.25) is 0 Å². The van der Waals surface area contributed by atoms with Gasteiger partial charge in [0.05, 0.1) is 12.1 Å². The Bertz CT molecular complexity index is 709. The number of hydrogen-bond acceptors (Lipinski definition) is 5. The minimum Gasteiger partial charge on any atom is -0.493 e. The van der Waals surface area contributed by atoms with Gasteiger partial charge in [0.2, 0.25) is 5.88 Å². The van der Waals surface area contributed by atoms with Crippen LogP contribution in [0.1, 0.15) is 21.9 Å². The lowest BCUT2D eigenvalue weighted by Gasteiger charge is -2.09. The number of nitrogens with zero attached hydrogens (tertiary/aromatic N) is 2. The molecule has 1 heterocycles. The van der Waals surface area contributed by atoms with Gasteiger partial charge in [0.1, 0.15) is 5.82 Å². The molecule has 0 saturated carbocycles. The maximum atomic E-state index is 14.1. The second-order valence-corrected chi connectivity index (χ2v) is 4.47. The van der Waals surface area contributed by atoms with Crippen molar-refractivity contribution in [1.82, 2.24) is 9.97 Å². The first-order valence-electron chi connectivity index (χ1n) is 5.73. The summed E-state index contributed by atoms with van der Waals surface area (Å²) in [6.45, 7) is 0. The number of halogens is 2. The number of carbonyl (C=O) groups is 1. The molecule has 8 heteroatoms. The quantitative estimate of drug-likeness (QED) is 0.899. The minimum atomic E-state index is -1.32. The van der Waals surface area contributed by atoms with Crippen LogP contribution in [-0.4, -0.2) is 33.3 Å². The predicted molar refractivity (Wildman–Crippen MR) is 71.4 cm³/mol. The third-order valence-electron chi connectivity index (χ3n) is 2.66. The molecular formula is C13H10ClFN2O4. The van der Waals surface area contributed by atoms with E-state index in [1.54, 1.807) is 0 Å². The van der Waals surface area contributed by atoms with Gasteiger partial charge >= 0.3 is 5.97 Å². The van der Waals surface area contributed by atoms with Crippen molar-refractivity contribution in [3.8, 4) is 11.6 Å². The van der Waals surface area contributed by atoms with E-state index in [4.69, 9.17) is 21.4 Å². The van der Waals surface area contributed by atoms with Gasteiger partial charge in [-0.1, -0.05) is 17.7 Å². The van der Waals surface area contributed by atoms with Crippen molar-refractivity contribution in [2.45, 2.75) is 6.42 Å². The smallest absolute Gasteiger partial charge is 0.354 e. The Morgan fingerprint density at radius 3 is 2.76 bits per heavy atom. The maximum Gasteiger partial charge on any atom is 0.354 e. The van der Waals surface area contributed by atoms with E-state index in [9.17, 15) is 14.3 Å². The van der Waals surface area contributed by atoms with E-state index < -0.39 is 17.7 Å². The highest BCUT2D eigenvalue weighted by atomic mass is 35.5. The maximum absolute atomic E-state index is 14.1. The molecule has 0 unspecified atom stereocenters. The number of ether oxygens (including phenoxy) is 1. The van der Waals surface area contributed by atoms with Crippen molar-refractivity contribution in [3.63, 3.8) is 0 Å². The SMILES string of the molecule is COc1c(Cl)ccc(Cc2nc(O)cc(C(=O)O)n2)c1F. The van der Waals surface area contributed by atoms with Gasteiger partial charge in [0.15, 0.2) is 17.3 Å². The highest BCUT2D eigenvalue weighted by Gasteiger charge is 2.16. The second-order valence-electron chi connectivity index (χ2n) is 4.06. The third kappa shape index (κ3) is 3.19. The van der Waals surface area contributed by atoms with Crippen molar-refractivity contribution in [3.05, 3.63) is 46.1 Å². The van der Waals surface area contributed by atoms with Gasteiger partial charge in [-0.15, -0.1) is 0 Å². The van der Waals surface area contributed by atoms with Crippen molar-refractivity contribution >= 4 is 17.6 Å². The first kappa shape index (κ1) is 15.0. The van der Waals surface area contributed by atoms with E-state index in [-0.39, 0.29) is 34.3 Å². The van der Waals surface area contributed by atoms with Crippen LogP contribution in [0.2, 0.25) is 5.02 Å². The molecule has 0 radical (unpaired) electrons. The summed E-state index contributed by atoms with van der Waals surface area (Å²) < 4.78 is 19.0. The van der Waals surface area contributed by atoms with Crippen LogP contribution in [0.15, 0.2) is 18.2 Å². The van der Waals surface area contributed by atoms with Crippen LogP contribution in [0.3, 0.4) is 0 Å². The van der Waals surface area contributed by atoms with Crippen molar-refractivity contribution < 1.29 is 24.1 Å². The molecule has 0 fully saturated rings. The van der Waals surface area contributed by atoms with E-state index in [1.165, 1.54) is 19.2 Å². The molecule has 110 valence electrons. The molecule has 0 bridgehead atoms. The first-order chi connectivity index (χ1) is 9.92. The van der Waals surface area contributed by atoms with Crippen LogP contribution in [-0.2, 0) is 6.42 Å². The fourth-order valence-electron chi connectivity index (χ4n) is 1.74. The molecule has 0 aliphatic rings. The molecule has 2 rings (SSSR count). The Labute approximate surface area is 123 Å². The zero-order chi connectivity index (χ0) is 15.6. The Morgan fingerprint density at radius 2 is 2.14 bits per heavy atom. The first-order valence-corrected chi connectivity index (χ1v) is 6.11. The fourth-order valence-corrected chi connectivity index (χ4v) is 1.96. The zero-order valence-corrected chi connectivity index (χ0v) is 11.6. The molecule has 6 nitrogen and oxygen atoms in total. The van der Waals surface area contributed by atoms with Crippen LogP contribution in [0.25, 0.3) is 0 Å². The van der Waals surface area contributed by atoms with Crippen LogP contribution in [0, 0.1) is 5.82 Å². The summed E-state index contributed by atoms with van der Waals surface area (Å²) in [4.78, 5) is 18.3. The average Bonchev–Trinajstić information content (AvgIpc) is 2.42. The molecule has 21 heavy (non-hydrogen) atoms. The van der Waals surface area contributed by atoms with Crippen LogP contribution >= 0.6 is 11.6 Å². The van der Waals surface area contributed by atoms with Crippen LogP contribution in [0.5, 0.6) is 11.6 Å². The molecular weight excluding hydrogens is 303 g/mol. The summed E-state index contributed by atoms with van der Waals surface area (Å²) in [5, 5.41) is 18.4. The molecule has 0 atom stereocenters. The number of methoxy groups -OCH3 is 1. The van der Waals surface area contributed by atoms with Crippen LogP contribution in [0.4, 0.5) is 4.39 Å². The second kappa shape index (κ2) is 5.92. The number of carboxylic acids is 1. The van der Waals surface area contributed by atoms with Gasteiger partial charge in [-0.05, 0) is 11.6 Å². The minimum absolute atomic E-state index is 0.0318. The number of aromatic carboxylic acids is 1. The molecule has 0 aliphatic carbocycles. The number of rotatable bonds is 4. The van der Waals surface area contributed by atoms with E-state index in [2.05, 4.69) is 9.97 Å². The Kier molecular flexibility index (Phi) is 4.23. The Hall–Kier alpha value is -2.41. The molecule has 0 amide bonds. The Morgan fingerprint density at radius 1 is 1.43 bits per heavy atom. The molecule has 0 aliphatic heterocycles. The fraction of sp³-hybridized carbons (Fsp3) is 0.154. The summed E-state index contributed by atoms with van der Waals surface area (Å²) in [6, 6.07) is 3.76. The molecule has 0 spiro atoms. The van der Waals surface area contributed by atoms with E-state index in [1.807, 2.05) is 0 Å². The molecule has 1 aromatic heterocycles. The summed E-state index contributed by atoms with van der Waals surface area (Å²) in [5.41, 5.74) is -0.211. The topological polar surface area (TPSA) is 92.5 Å². The van der Waals surface area contributed by atoms with Gasteiger partial charge in [-0.2, -0.15) is 4.98 Å². The van der Waals surface area contributed by atoms with Crippen molar-refractivity contribution in [1.29, 1.82) is 0 Å². The number of aromatic nitrogens is 2. The van der Waals surface area contributed by atoms with Crippen LogP contribution < -0.4 is 4.74 Å². The zero-order valence-electron chi connectivity index (χ0n) is 10.8. The van der Waals surface area contributed by atoms with Gasteiger partial charge in [0, 0.05) is 12.5 Å². The lowest BCUT2D eigenvalue weighted by Crippen LogP contribution is -2.06.